The molecule has 9 nitrogen and oxygen atoms in total. The van der Waals surface area contributed by atoms with Crippen LogP contribution in [0.2, 0.25) is 0 Å². The molecule has 0 unspecified atom stereocenters. The Hall–Kier alpha value is -3.76. The molecule has 1 N–H and O–H groups in total. The van der Waals surface area contributed by atoms with Crippen LogP contribution in [0.5, 0.6) is 17.2 Å². The maximum absolute atomic E-state index is 13.7. The van der Waals surface area contributed by atoms with E-state index in [1.807, 2.05) is 41.8 Å². The second-order valence-electron chi connectivity index (χ2n) is 9.19. The average Bonchev–Trinajstić information content (AvgIpc) is 3.71. The van der Waals surface area contributed by atoms with Gasteiger partial charge in [-0.1, -0.05) is 18.2 Å². The van der Waals surface area contributed by atoms with Gasteiger partial charge in [0.1, 0.15) is 12.3 Å². The molecule has 0 bridgehead atoms. The fourth-order valence-corrected chi connectivity index (χ4v) is 5.22. The van der Waals surface area contributed by atoms with Crippen molar-refractivity contribution in [3.8, 4) is 17.2 Å². The average molecular weight is 538 g/mol. The third-order valence-electron chi connectivity index (χ3n) is 6.47. The quantitative estimate of drug-likeness (QED) is 0.402. The highest BCUT2D eigenvalue weighted by molar-refractivity contribution is 7.09. The van der Waals surface area contributed by atoms with Crippen LogP contribution < -0.4 is 19.5 Å². The minimum atomic E-state index is -0.360. The molecular weight excluding hydrogens is 506 g/mol. The Labute approximate surface area is 225 Å². The minimum absolute atomic E-state index is 0.0778. The Kier molecular flexibility index (Phi) is 8.30. The van der Waals surface area contributed by atoms with Gasteiger partial charge in [-0.15, -0.1) is 11.3 Å². The molecule has 0 aliphatic carbocycles. The fraction of sp³-hybridized carbons (Fsp3) is 0.357. The van der Waals surface area contributed by atoms with E-state index in [9.17, 15) is 9.59 Å². The highest BCUT2D eigenvalue weighted by Crippen LogP contribution is 2.33. The highest BCUT2D eigenvalue weighted by atomic mass is 32.1. The number of benzene rings is 2. The number of thiophene rings is 1. The van der Waals surface area contributed by atoms with Crippen LogP contribution in [-0.2, 0) is 22.6 Å². The van der Waals surface area contributed by atoms with Crippen LogP contribution in [0.3, 0.4) is 0 Å². The molecule has 3 aromatic rings. The molecule has 3 heterocycles. The Morgan fingerprint density at radius 1 is 1.05 bits per heavy atom. The molecule has 2 aliphatic rings. The number of anilines is 1. The van der Waals surface area contributed by atoms with Crippen LogP contribution >= 0.6 is 11.3 Å². The summed E-state index contributed by atoms with van der Waals surface area (Å²) in [5, 5.41) is 4.90. The molecule has 200 valence electrons. The number of rotatable bonds is 10. The van der Waals surface area contributed by atoms with Crippen molar-refractivity contribution in [2.24, 2.45) is 0 Å². The topological polar surface area (TPSA) is 89.6 Å². The molecule has 10 heteroatoms. The summed E-state index contributed by atoms with van der Waals surface area (Å²) in [6, 6.07) is 16.4. The van der Waals surface area contributed by atoms with Gasteiger partial charge in [0.2, 0.25) is 12.7 Å². The SMILES string of the molecule is COc1cccc(NC(=O)N(CC(=O)N(Cc2ccc3c(c2)OCO3)Cc2cccs2)C[C@@H]2CCCO2)c1. The number of ether oxygens (including phenoxy) is 4. The van der Waals surface area contributed by atoms with Crippen molar-refractivity contribution in [2.75, 3.05) is 38.9 Å². The second kappa shape index (κ2) is 12.2. The zero-order valence-corrected chi connectivity index (χ0v) is 22.1. The third-order valence-corrected chi connectivity index (χ3v) is 7.33. The largest absolute Gasteiger partial charge is 0.497 e. The van der Waals surface area contributed by atoms with Gasteiger partial charge < -0.3 is 34.1 Å². The summed E-state index contributed by atoms with van der Waals surface area (Å²) in [7, 11) is 1.58. The number of fused-ring (bicyclic) bond motifs is 1. The molecule has 3 amide bonds. The fourth-order valence-electron chi connectivity index (χ4n) is 4.50. The van der Waals surface area contributed by atoms with Crippen LogP contribution in [0.1, 0.15) is 23.3 Å². The van der Waals surface area contributed by atoms with Crippen LogP contribution in [0, 0.1) is 0 Å². The predicted octanol–water partition coefficient (Wildman–Crippen LogP) is 4.73. The highest BCUT2D eigenvalue weighted by Gasteiger charge is 2.27. The number of nitrogens with zero attached hydrogens (tertiary/aromatic N) is 2. The van der Waals surface area contributed by atoms with Crippen LogP contribution in [-0.4, -0.2) is 61.4 Å². The zero-order chi connectivity index (χ0) is 26.3. The first kappa shape index (κ1) is 25.9. The van der Waals surface area contributed by atoms with E-state index in [0.29, 0.717) is 49.2 Å². The maximum Gasteiger partial charge on any atom is 0.322 e. The lowest BCUT2D eigenvalue weighted by atomic mass is 10.1. The molecule has 1 fully saturated rings. The van der Waals surface area contributed by atoms with Gasteiger partial charge in [0, 0.05) is 36.3 Å². The van der Waals surface area contributed by atoms with Gasteiger partial charge in [0.05, 0.1) is 19.8 Å². The molecule has 2 aromatic carbocycles. The maximum atomic E-state index is 13.7. The van der Waals surface area contributed by atoms with Gasteiger partial charge in [0.15, 0.2) is 11.5 Å². The van der Waals surface area contributed by atoms with E-state index in [1.165, 1.54) is 0 Å². The number of carbonyl (C=O) groups excluding carboxylic acids is 2. The molecule has 0 radical (unpaired) electrons. The molecule has 1 atom stereocenters. The Bertz CT molecular complexity index is 1250. The summed E-state index contributed by atoms with van der Waals surface area (Å²) < 4.78 is 22.0. The molecule has 0 saturated carbocycles. The number of hydrogen-bond acceptors (Lipinski definition) is 7. The van der Waals surface area contributed by atoms with Crippen molar-refractivity contribution in [1.82, 2.24) is 9.80 Å². The molecule has 0 spiro atoms. The summed E-state index contributed by atoms with van der Waals surface area (Å²) >= 11 is 1.59. The monoisotopic (exact) mass is 537 g/mol. The standard InChI is InChI=1S/C28H31N3O6S/c1-34-22-6-2-5-21(14-22)29-28(33)31(16-23-7-3-11-35-23)18-27(32)30(17-24-8-4-12-38-24)15-20-9-10-25-26(13-20)37-19-36-25/h2,4-6,8-10,12-14,23H,3,7,11,15-19H2,1H3,(H,29,33)/t23-/m0/s1. The van der Waals surface area contributed by atoms with E-state index in [-0.39, 0.29) is 31.4 Å². The van der Waals surface area contributed by atoms with Gasteiger partial charge >= 0.3 is 6.03 Å². The van der Waals surface area contributed by atoms with E-state index in [0.717, 1.165) is 23.3 Å². The second-order valence-corrected chi connectivity index (χ2v) is 10.2. The summed E-state index contributed by atoms with van der Waals surface area (Å²) in [6.45, 7) is 1.93. The van der Waals surface area contributed by atoms with E-state index < -0.39 is 0 Å². The summed E-state index contributed by atoms with van der Waals surface area (Å²) in [5.41, 5.74) is 1.51. The van der Waals surface area contributed by atoms with Crippen LogP contribution in [0.4, 0.5) is 10.5 Å². The lowest BCUT2D eigenvalue weighted by Crippen LogP contribution is -2.46. The van der Waals surface area contributed by atoms with Gasteiger partial charge in [0.25, 0.3) is 0 Å². The molecule has 5 rings (SSSR count). The summed E-state index contributed by atoms with van der Waals surface area (Å²) in [6.07, 6.45) is 1.70. The molecule has 1 saturated heterocycles. The van der Waals surface area contributed by atoms with Gasteiger partial charge in [-0.2, -0.15) is 0 Å². The van der Waals surface area contributed by atoms with E-state index in [2.05, 4.69) is 5.32 Å². The van der Waals surface area contributed by atoms with Gasteiger partial charge in [-0.05, 0) is 54.1 Å². The van der Waals surface area contributed by atoms with E-state index >= 15 is 0 Å². The molecule has 1 aromatic heterocycles. The number of methoxy groups -OCH3 is 1. The Balaban J connectivity index is 1.33. The zero-order valence-electron chi connectivity index (χ0n) is 21.3. The normalized spacial score (nSPS) is 15.8. The third kappa shape index (κ3) is 6.56. The van der Waals surface area contributed by atoms with Crippen LogP contribution in [0.25, 0.3) is 0 Å². The summed E-state index contributed by atoms with van der Waals surface area (Å²) in [5.74, 6) is 1.84. The smallest absolute Gasteiger partial charge is 0.322 e. The van der Waals surface area contributed by atoms with Crippen molar-refractivity contribution in [3.05, 3.63) is 70.4 Å². The van der Waals surface area contributed by atoms with Gasteiger partial charge in [-0.3, -0.25) is 4.79 Å². The number of hydrogen-bond donors (Lipinski definition) is 1. The first-order valence-electron chi connectivity index (χ1n) is 12.6. The number of urea groups is 1. The van der Waals surface area contributed by atoms with Crippen molar-refractivity contribution < 1.29 is 28.5 Å². The van der Waals surface area contributed by atoms with Crippen molar-refractivity contribution >= 4 is 29.0 Å². The van der Waals surface area contributed by atoms with E-state index in [1.54, 1.807) is 46.4 Å². The number of amides is 3. The Morgan fingerprint density at radius 2 is 1.95 bits per heavy atom. The number of nitrogens with one attached hydrogen (secondary N) is 1. The first-order valence-corrected chi connectivity index (χ1v) is 13.5. The van der Waals surface area contributed by atoms with Crippen molar-refractivity contribution in [1.29, 1.82) is 0 Å². The lowest BCUT2D eigenvalue weighted by molar-refractivity contribution is -0.133. The lowest BCUT2D eigenvalue weighted by Gasteiger charge is -2.29. The van der Waals surface area contributed by atoms with Gasteiger partial charge in [-0.25, -0.2) is 4.79 Å². The Morgan fingerprint density at radius 3 is 2.74 bits per heavy atom. The molecule has 2 aliphatic heterocycles. The summed E-state index contributed by atoms with van der Waals surface area (Å²) in [4.78, 5) is 31.5. The molecule has 38 heavy (non-hydrogen) atoms. The van der Waals surface area contributed by atoms with Crippen molar-refractivity contribution in [2.45, 2.75) is 32.0 Å². The van der Waals surface area contributed by atoms with Crippen molar-refractivity contribution in [3.63, 3.8) is 0 Å². The van der Waals surface area contributed by atoms with Crippen LogP contribution in [0.15, 0.2) is 60.0 Å². The van der Waals surface area contributed by atoms with E-state index in [4.69, 9.17) is 18.9 Å². The first-order chi connectivity index (χ1) is 18.6. The minimum Gasteiger partial charge on any atom is -0.497 e. The predicted molar refractivity (Wildman–Crippen MR) is 144 cm³/mol. The number of carbonyl (C=O) groups is 2. The molecular formula is C28H31N3O6S.